The zero-order valence-corrected chi connectivity index (χ0v) is 12.8. The van der Waals surface area contributed by atoms with Gasteiger partial charge in [-0.25, -0.2) is 0 Å². The van der Waals surface area contributed by atoms with E-state index < -0.39 is 12.2 Å². The Morgan fingerprint density at radius 2 is 1.85 bits per heavy atom. The fourth-order valence-corrected chi connectivity index (χ4v) is 2.12. The van der Waals surface area contributed by atoms with Crippen LogP contribution in [-0.4, -0.2) is 35.1 Å². The van der Waals surface area contributed by atoms with E-state index in [0.29, 0.717) is 25.3 Å². The monoisotopic (exact) mass is 279 g/mol. The minimum absolute atomic E-state index is 0.0317. The molecule has 1 N–H and O–H groups in total. The van der Waals surface area contributed by atoms with Crippen molar-refractivity contribution < 1.29 is 14.6 Å². The molecule has 1 aromatic carbocycles. The van der Waals surface area contributed by atoms with Crippen molar-refractivity contribution in [2.45, 2.75) is 46.3 Å². The number of nitrogens with zero attached hydrogens (tertiary/aromatic N) is 1. The van der Waals surface area contributed by atoms with Gasteiger partial charge >= 0.3 is 0 Å². The largest absolute Gasteiger partial charge is 0.481 e. The van der Waals surface area contributed by atoms with Crippen LogP contribution in [0.15, 0.2) is 24.3 Å². The van der Waals surface area contributed by atoms with Gasteiger partial charge < -0.3 is 14.7 Å². The highest BCUT2D eigenvalue weighted by atomic mass is 16.5. The molecular formula is C16H25NO3. The molecule has 2 atom stereocenters. The standard InChI is InChI=1S/C16H25NO3/c1-5-14(18)13-10-8-9-11-15(13)20-12(4)16(19)17(6-2)7-3/h8-12,14,18H,5-7H2,1-4H3/t12?,14-/m0/s1. The Kier molecular flexibility index (Phi) is 6.52. The van der Waals surface area contributed by atoms with Crippen LogP contribution >= 0.6 is 0 Å². The first kappa shape index (κ1) is 16.5. The van der Waals surface area contributed by atoms with E-state index in [1.54, 1.807) is 17.9 Å². The van der Waals surface area contributed by atoms with Crippen LogP contribution in [0.25, 0.3) is 0 Å². The second-order valence-electron chi connectivity index (χ2n) is 4.73. The van der Waals surface area contributed by atoms with E-state index in [-0.39, 0.29) is 5.91 Å². The number of benzene rings is 1. The number of hydrogen-bond acceptors (Lipinski definition) is 3. The Balaban J connectivity index is 2.85. The number of aliphatic hydroxyl groups is 1. The van der Waals surface area contributed by atoms with Crippen molar-refractivity contribution in [3.8, 4) is 5.75 Å². The number of carbonyl (C=O) groups is 1. The van der Waals surface area contributed by atoms with Crippen LogP contribution < -0.4 is 4.74 Å². The molecule has 0 fully saturated rings. The van der Waals surface area contributed by atoms with E-state index in [2.05, 4.69) is 0 Å². The van der Waals surface area contributed by atoms with Crippen LogP contribution in [0, 0.1) is 0 Å². The summed E-state index contributed by atoms with van der Waals surface area (Å²) in [5.41, 5.74) is 0.731. The summed E-state index contributed by atoms with van der Waals surface area (Å²) >= 11 is 0. The van der Waals surface area contributed by atoms with Crippen LogP contribution in [-0.2, 0) is 4.79 Å². The van der Waals surface area contributed by atoms with Crippen LogP contribution in [0.4, 0.5) is 0 Å². The Labute approximate surface area is 121 Å². The zero-order chi connectivity index (χ0) is 15.1. The Hall–Kier alpha value is -1.55. The van der Waals surface area contributed by atoms with E-state index in [0.717, 1.165) is 5.56 Å². The highest BCUT2D eigenvalue weighted by Gasteiger charge is 2.21. The molecule has 4 heteroatoms. The second-order valence-corrected chi connectivity index (χ2v) is 4.73. The molecule has 1 unspecified atom stereocenters. The molecule has 0 aromatic heterocycles. The topological polar surface area (TPSA) is 49.8 Å². The van der Waals surface area contributed by atoms with Crippen molar-refractivity contribution >= 4 is 5.91 Å². The Morgan fingerprint density at radius 3 is 2.40 bits per heavy atom. The molecule has 0 aliphatic heterocycles. The van der Waals surface area contributed by atoms with E-state index in [9.17, 15) is 9.90 Å². The fourth-order valence-electron chi connectivity index (χ4n) is 2.12. The summed E-state index contributed by atoms with van der Waals surface area (Å²) in [6, 6.07) is 7.33. The molecule has 112 valence electrons. The zero-order valence-electron chi connectivity index (χ0n) is 12.8. The first-order chi connectivity index (χ1) is 9.54. The quantitative estimate of drug-likeness (QED) is 0.835. The summed E-state index contributed by atoms with van der Waals surface area (Å²) in [6.45, 7) is 8.89. The fraction of sp³-hybridized carbons (Fsp3) is 0.562. The van der Waals surface area contributed by atoms with Gasteiger partial charge in [0.2, 0.25) is 0 Å². The van der Waals surface area contributed by atoms with Crippen molar-refractivity contribution in [3.05, 3.63) is 29.8 Å². The van der Waals surface area contributed by atoms with Crippen molar-refractivity contribution in [1.82, 2.24) is 4.90 Å². The predicted molar refractivity (Wildman–Crippen MR) is 79.7 cm³/mol. The van der Waals surface area contributed by atoms with Crippen molar-refractivity contribution in [2.75, 3.05) is 13.1 Å². The summed E-state index contributed by atoms with van der Waals surface area (Å²) in [7, 11) is 0. The molecule has 0 saturated carbocycles. The maximum atomic E-state index is 12.2. The van der Waals surface area contributed by atoms with Crippen LogP contribution in [0.5, 0.6) is 5.75 Å². The van der Waals surface area contributed by atoms with Crippen molar-refractivity contribution in [3.63, 3.8) is 0 Å². The summed E-state index contributed by atoms with van der Waals surface area (Å²) in [4.78, 5) is 13.9. The molecule has 1 amide bonds. The third-order valence-corrected chi connectivity index (χ3v) is 3.39. The van der Waals surface area contributed by atoms with Gasteiger partial charge in [0.05, 0.1) is 6.10 Å². The lowest BCUT2D eigenvalue weighted by Gasteiger charge is -2.24. The molecule has 0 aliphatic rings. The molecule has 0 spiro atoms. The number of carbonyl (C=O) groups excluding carboxylic acids is 1. The third-order valence-electron chi connectivity index (χ3n) is 3.39. The Bertz CT molecular complexity index is 429. The molecule has 0 aliphatic carbocycles. The summed E-state index contributed by atoms with van der Waals surface area (Å²) in [5, 5.41) is 9.99. The molecule has 0 bridgehead atoms. The Morgan fingerprint density at radius 1 is 1.25 bits per heavy atom. The second kappa shape index (κ2) is 7.90. The predicted octanol–water partition coefficient (Wildman–Crippen LogP) is 2.77. The number of rotatable bonds is 7. The third kappa shape index (κ3) is 3.97. The average Bonchev–Trinajstić information content (AvgIpc) is 2.48. The van der Waals surface area contributed by atoms with Crippen molar-refractivity contribution in [1.29, 1.82) is 0 Å². The minimum Gasteiger partial charge on any atom is -0.481 e. The normalized spacial score (nSPS) is 13.7. The summed E-state index contributed by atoms with van der Waals surface area (Å²) in [6.07, 6.45) is -0.513. The van der Waals surface area contributed by atoms with Gasteiger partial charge in [-0.05, 0) is 33.3 Å². The van der Waals surface area contributed by atoms with Crippen LogP contribution in [0.1, 0.15) is 45.8 Å². The lowest BCUT2D eigenvalue weighted by atomic mass is 10.1. The van der Waals surface area contributed by atoms with Crippen LogP contribution in [0.3, 0.4) is 0 Å². The van der Waals surface area contributed by atoms with E-state index in [4.69, 9.17) is 4.74 Å². The molecule has 20 heavy (non-hydrogen) atoms. The van der Waals surface area contributed by atoms with Gasteiger partial charge in [-0.3, -0.25) is 4.79 Å². The highest BCUT2D eigenvalue weighted by molar-refractivity contribution is 5.80. The highest BCUT2D eigenvalue weighted by Crippen LogP contribution is 2.27. The number of para-hydroxylation sites is 1. The van der Waals surface area contributed by atoms with Gasteiger partial charge in [0.25, 0.3) is 5.91 Å². The maximum Gasteiger partial charge on any atom is 0.263 e. The van der Waals surface area contributed by atoms with Gasteiger partial charge in [0.1, 0.15) is 5.75 Å². The number of hydrogen-bond donors (Lipinski definition) is 1. The molecule has 0 heterocycles. The van der Waals surface area contributed by atoms with Crippen molar-refractivity contribution in [2.24, 2.45) is 0 Å². The van der Waals surface area contributed by atoms with E-state index in [1.165, 1.54) is 0 Å². The lowest BCUT2D eigenvalue weighted by Crippen LogP contribution is -2.40. The molecule has 0 saturated heterocycles. The summed E-state index contributed by atoms with van der Waals surface area (Å²) in [5.74, 6) is 0.547. The van der Waals surface area contributed by atoms with Crippen LogP contribution in [0.2, 0.25) is 0 Å². The van der Waals surface area contributed by atoms with Gasteiger partial charge in [0, 0.05) is 18.7 Å². The first-order valence-corrected chi connectivity index (χ1v) is 7.27. The molecule has 1 aromatic rings. The SMILES string of the molecule is CC[C@H](O)c1ccccc1OC(C)C(=O)N(CC)CC. The van der Waals surface area contributed by atoms with E-state index >= 15 is 0 Å². The van der Waals surface area contributed by atoms with Gasteiger partial charge in [-0.1, -0.05) is 25.1 Å². The number of ether oxygens (including phenoxy) is 1. The number of amides is 1. The number of aliphatic hydroxyl groups excluding tert-OH is 1. The molecule has 0 radical (unpaired) electrons. The molecule has 1 rings (SSSR count). The average molecular weight is 279 g/mol. The lowest BCUT2D eigenvalue weighted by molar-refractivity contribution is -0.137. The molecule has 4 nitrogen and oxygen atoms in total. The van der Waals surface area contributed by atoms with Gasteiger partial charge in [-0.2, -0.15) is 0 Å². The minimum atomic E-state index is -0.568. The van der Waals surface area contributed by atoms with Gasteiger partial charge in [0.15, 0.2) is 6.10 Å². The number of likely N-dealkylation sites (N-methyl/N-ethyl adjacent to an activating group) is 1. The van der Waals surface area contributed by atoms with Gasteiger partial charge in [-0.15, -0.1) is 0 Å². The summed E-state index contributed by atoms with van der Waals surface area (Å²) < 4.78 is 5.76. The molecular weight excluding hydrogens is 254 g/mol. The maximum absolute atomic E-state index is 12.2. The van der Waals surface area contributed by atoms with E-state index in [1.807, 2.05) is 39.0 Å². The smallest absolute Gasteiger partial charge is 0.263 e. The first-order valence-electron chi connectivity index (χ1n) is 7.27.